The molecule has 3 nitrogen and oxygen atoms in total. The summed E-state index contributed by atoms with van der Waals surface area (Å²) in [6.07, 6.45) is 8.72. The van der Waals surface area contributed by atoms with Crippen LogP contribution in [0.5, 0.6) is 0 Å². The third kappa shape index (κ3) is 2.51. The molecule has 4 heteroatoms. The molecule has 1 aromatic heterocycles. The van der Waals surface area contributed by atoms with Crippen molar-refractivity contribution in [1.82, 2.24) is 8.75 Å². The second-order valence-corrected chi connectivity index (χ2v) is 4.64. The highest BCUT2D eigenvalue weighted by atomic mass is 32.1. The maximum Gasteiger partial charge on any atom is 0.103 e. The van der Waals surface area contributed by atoms with Gasteiger partial charge in [0, 0.05) is 0 Å². The van der Waals surface area contributed by atoms with Gasteiger partial charge in [0.1, 0.15) is 5.69 Å². The highest BCUT2D eigenvalue weighted by molar-refractivity contribution is 6.99. The Balaban J connectivity index is 1.84. The molecule has 1 aliphatic carbocycles. The maximum atomic E-state index is 9.87. The van der Waals surface area contributed by atoms with Crippen molar-refractivity contribution in [3.05, 3.63) is 11.9 Å². The van der Waals surface area contributed by atoms with E-state index in [0.29, 0.717) is 5.92 Å². The first-order chi connectivity index (χ1) is 6.86. The molecule has 1 fully saturated rings. The molecule has 78 valence electrons. The predicted octanol–water partition coefficient (Wildman–Crippen LogP) is 2.54. The van der Waals surface area contributed by atoms with Gasteiger partial charge in [0.2, 0.25) is 0 Å². The topological polar surface area (TPSA) is 46.0 Å². The molecule has 1 aromatic rings. The van der Waals surface area contributed by atoms with Gasteiger partial charge in [0.25, 0.3) is 0 Å². The lowest BCUT2D eigenvalue weighted by Gasteiger charge is -2.23. The Morgan fingerprint density at radius 1 is 1.43 bits per heavy atom. The van der Waals surface area contributed by atoms with Crippen LogP contribution in [0, 0.1) is 5.92 Å². The largest absolute Gasteiger partial charge is 0.387 e. The second-order valence-electron chi connectivity index (χ2n) is 4.09. The van der Waals surface area contributed by atoms with Crippen LogP contribution < -0.4 is 0 Å². The number of aliphatic hydroxyl groups is 1. The predicted molar refractivity (Wildman–Crippen MR) is 56.1 cm³/mol. The fourth-order valence-electron chi connectivity index (χ4n) is 2.18. The minimum Gasteiger partial charge on any atom is -0.387 e. The van der Waals surface area contributed by atoms with Gasteiger partial charge in [-0.05, 0) is 12.3 Å². The molecular formula is C10H16N2OS. The lowest BCUT2D eigenvalue weighted by molar-refractivity contribution is 0.128. The quantitative estimate of drug-likeness (QED) is 0.837. The van der Waals surface area contributed by atoms with Crippen LogP contribution in [0.3, 0.4) is 0 Å². The van der Waals surface area contributed by atoms with E-state index in [1.54, 1.807) is 6.20 Å². The third-order valence-corrected chi connectivity index (χ3v) is 3.49. The maximum absolute atomic E-state index is 9.87. The van der Waals surface area contributed by atoms with E-state index in [9.17, 15) is 5.11 Å². The van der Waals surface area contributed by atoms with Crippen LogP contribution in [0.15, 0.2) is 6.20 Å². The molecule has 2 rings (SSSR count). The summed E-state index contributed by atoms with van der Waals surface area (Å²) in [6.45, 7) is 0. The third-order valence-electron chi connectivity index (χ3n) is 3.00. The summed E-state index contributed by atoms with van der Waals surface area (Å²) in [5.74, 6) is 0.695. The van der Waals surface area contributed by atoms with Gasteiger partial charge in [-0.1, -0.05) is 32.1 Å². The van der Waals surface area contributed by atoms with Crippen molar-refractivity contribution in [2.24, 2.45) is 5.92 Å². The highest BCUT2D eigenvalue weighted by Gasteiger charge is 2.19. The first kappa shape index (κ1) is 10.1. The van der Waals surface area contributed by atoms with Crippen molar-refractivity contribution in [1.29, 1.82) is 0 Å². The van der Waals surface area contributed by atoms with E-state index in [-0.39, 0.29) is 0 Å². The molecule has 0 bridgehead atoms. The number of hydrogen-bond acceptors (Lipinski definition) is 4. The molecule has 0 spiro atoms. The van der Waals surface area contributed by atoms with E-state index in [4.69, 9.17) is 0 Å². The average Bonchev–Trinajstić information content (AvgIpc) is 2.72. The Bertz CT molecular complexity index is 257. The first-order valence-electron chi connectivity index (χ1n) is 5.32. The summed E-state index contributed by atoms with van der Waals surface area (Å²) in [7, 11) is 0. The van der Waals surface area contributed by atoms with Crippen LogP contribution in [0.1, 0.15) is 50.3 Å². The van der Waals surface area contributed by atoms with Gasteiger partial charge < -0.3 is 5.11 Å². The van der Waals surface area contributed by atoms with E-state index < -0.39 is 6.10 Å². The molecule has 1 unspecified atom stereocenters. The molecule has 0 aromatic carbocycles. The summed E-state index contributed by atoms with van der Waals surface area (Å²) in [6, 6.07) is 0. The van der Waals surface area contributed by atoms with E-state index in [1.807, 2.05) is 0 Å². The normalized spacial score (nSPS) is 20.9. The molecule has 0 amide bonds. The molecule has 1 saturated carbocycles. The van der Waals surface area contributed by atoms with E-state index in [0.717, 1.165) is 12.1 Å². The monoisotopic (exact) mass is 212 g/mol. The highest BCUT2D eigenvalue weighted by Crippen LogP contribution is 2.31. The first-order valence-corrected chi connectivity index (χ1v) is 6.05. The van der Waals surface area contributed by atoms with Crippen molar-refractivity contribution >= 4 is 11.7 Å². The Morgan fingerprint density at radius 3 is 2.86 bits per heavy atom. The molecule has 1 heterocycles. The van der Waals surface area contributed by atoms with Crippen molar-refractivity contribution in [2.75, 3.05) is 0 Å². The van der Waals surface area contributed by atoms with Gasteiger partial charge in [0.15, 0.2) is 0 Å². The van der Waals surface area contributed by atoms with Crippen molar-refractivity contribution in [2.45, 2.75) is 44.6 Å². The molecule has 0 saturated heterocycles. The fourth-order valence-corrected chi connectivity index (χ4v) is 2.64. The molecule has 0 aliphatic heterocycles. The van der Waals surface area contributed by atoms with Gasteiger partial charge in [0.05, 0.1) is 24.0 Å². The SMILES string of the molecule is OC(CC1CCCCC1)c1cnsn1. The Labute approximate surface area is 88.5 Å². The summed E-state index contributed by atoms with van der Waals surface area (Å²) < 4.78 is 7.97. The Hall–Kier alpha value is -0.480. The Morgan fingerprint density at radius 2 is 2.21 bits per heavy atom. The number of aliphatic hydroxyl groups excluding tert-OH is 1. The van der Waals surface area contributed by atoms with Gasteiger partial charge in [-0.2, -0.15) is 8.75 Å². The zero-order valence-electron chi connectivity index (χ0n) is 8.22. The van der Waals surface area contributed by atoms with E-state index >= 15 is 0 Å². The molecule has 0 radical (unpaired) electrons. The lowest BCUT2D eigenvalue weighted by Crippen LogP contribution is -2.11. The number of rotatable bonds is 3. The van der Waals surface area contributed by atoms with Crippen molar-refractivity contribution in [3.63, 3.8) is 0 Å². The van der Waals surface area contributed by atoms with Gasteiger partial charge in [-0.15, -0.1) is 0 Å². The summed E-state index contributed by atoms with van der Waals surface area (Å²) in [5, 5.41) is 9.87. The van der Waals surface area contributed by atoms with Gasteiger partial charge in [-0.3, -0.25) is 0 Å². The molecular weight excluding hydrogens is 196 g/mol. The summed E-state index contributed by atoms with van der Waals surface area (Å²) >= 11 is 1.17. The number of hydrogen-bond donors (Lipinski definition) is 1. The zero-order valence-corrected chi connectivity index (χ0v) is 9.04. The van der Waals surface area contributed by atoms with Crippen LogP contribution in [0.4, 0.5) is 0 Å². The lowest BCUT2D eigenvalue weighted by atomic mass is 9.85. The fraction of sp³-hybridized carbons (Fsp3) is 0.800. The Kier molecular flexibility index (Phi) is 3.48. The van der Waals surface area contributed by atoms with Crippen molar-refractivity contribution in [3.8, 4) is 0 Å². The molecule has 14 heavy (non-hydrogen) atoms. The van der Waals surface area contributed by atoms with Crippen molar-refractivity contribution < 1.29 is 5.11 Å². The average molecular weight is 212 g/mol. The van der Waals surface area contributed by atoms with Crippen LogP contribution >= 0.6 is 11.7 Å². The molecule has 1 atom stereocenters. The van der Waals surface area contributed by atoms with E-state index in [2.05, 4.69) is 8.75 Å². The minimum atomic E-state index is -0.392. The summed E-state index contributed by atoms with van der Waals surface area (Å²) in [5.41, 5.74) is 0.751. The van der Waals surface area contributed by atoms with Crippen LogP contribution in [-0.4, -0.2) is 13.9 Å². The number of aromatic nitrogens is 2. The zero-order chi connectivity index (χ0) is 9.80. The van der Waals surface area contributed by atoms with Gasteiger partial charge >= 0.3 is 0 Å². The smallest absolute Gasteiger partial charge is 0.103 e. The van der Waals surface area contributed by atoms with Crippen LogP contribution in [-0.2, 0) is 0 Å². The van der Waals surface area contributed by atoms with E-state index in [1.165, 1.54) is 43.8 Å². The molecule has 1 aliphatic rings. The van der Waals surface area contributed by atoms with Crippen LogP contribution in [0.2, 0.25) is 0 Å². The van der Waals surface area contributed by atoms with Crippen LogP contribution in [0.25, 0.3) is 0 Å². The molecule has 1 N–H and O–H groups in total. The summed E-state index contributed by atoms with van der Waals surface area (Å²) in [4.78, 5) is 0. The standard InChI is InChI=1S/C10H16N2OS/c13-10(9-7-11-14-12-9)6-8-4-2-1-3-5-8/h7-8,10,13H,1-6H2. The minimum absolute atomic E-state index is 0.392. The second kappa shape index (κ2) is 4.84. The number of nitrogens with zero attached hydrogens (tertiary/aromatic N) is 2. The van der Waals surface area contributed by atoms with Gasteiger partial charge in [-0.25, -0.2) is 0 Å².